The summed E-state index contributed by atoms with van der Waals surface area (Å²) in [5, 5.41) is 11.0. The minimum atomic E-state index is -0.278. The van der Waals surface area contributed by atoms with Crippen LogP contribution in [0.4, 0.5) is 16.2 Å². The SMILES string of the molecule is CCC(C)NCC(=O)Nc1ccc(NC(=O)NC)cc1. The minimum Gasteiger partial charge on any atom is -0.341 e. The molecule has 20 heavy (non-hydrogen) atoms. The number of hydrogen-bond acceptors (Lipinski definition) is 3. The van der Waals surface area contributed by atoms with Crippen LogP contribution in [0.1, 0.15) is 20.3 Å². The zero-order chi connectivity index (χ0) is 15.0. The predicted octanol–water partition coefficient (Wildman–Crippen LogP) is 1.76. The molecule has 0 aromatic heterocycles. The molecule has 1 aromatic carbocycles. The number of amides is 3. The fraction of sp³-hybridized carbons (Fsp3) is 0.429. The molecule has 0 spiro atoms. The van der Waals surface area contributed by atoms with Crippen LogP contribution in [0.15, 0.2) is 24.3 Å². The second kappa shape index (κ2) is 8.16. The molecule has 1 unspecified atom stereocenters. The maximum absolute atomic E-state index is 11.7. The van der Waals surface area contributed by atoms with Crippen LogP contribution in [-0.2, 0) is 4.79 Å². The monoisotopic (exact) mass is 278 g/mol. The first-order valence-corrected chi connectivity index (χ1v) is 6.67. The highest BCUT2D eigenvalue weighted by atomic mass is 16.2. The van der Waals surface area contributed by atoms with Gasteiger partial charge in [-0.3, -0.25) is 4.79 Å². The summed E-state index contributed by atoms with van der Waals surface area (Å²) in [5.74, 6) is -0.0858. The van der Waals surface area contributed by atoms with Gasteiger partial charge in [0.1, 0.15) is 0 Å². The summed E-state index contributed by atoms with van der Waals surface area (Å²) in [4.78, 5) is 22.8. The van der Waals surface area contributed by atoms with E-state index in [0.717, 1.165) is 6.42 Å². The number of carbonyl (C=O) groups excluding carboxylic acids is 2. The summed E-state index contributed by atoms with van der Waals surface area (Å²) >= 11 is 0. The summed E-state index contributed by atoms with van der Waals surface area (Å²) in [6, 6.07) is 6.98. The lowest BCUT2D eigenvalue weighted by atomic mass is 10.2. The third-order valence-corrected chi connectivity index (χ3v) is 2.88. The maximum atomic E-state index is 11.7. The molecule has 0 fully saturated rings. The Morgan fingerprint density at radius 3 is 2.15 bits per heavy atom. The third kappa shape index (κ3) is 5.71. The fourth-order valence-electron chi connectivity index (χ4n) is 1.45. The Balaban J connectivity index is 2.44. The first kappa shape index (κ1) is 16.0. The molecule has 0 aliphatic heterocycles. The van der Waals surface area contributed by atoms with E-state index in [1.807, 2.05) is 6.92 Å². The third-order valence-electron chi connectivity index (χ3n) is 2.88. The Morgan fingerprint density at radius 1 is 1.10 bits per heavy atom. The van der Waals surface area contributed by atoms with Gasteiger partial charge in [-0.05, 0) is 37.6 Å². The molecule has 0 saturated heterocycles. The van der Waals surface area contributed by atoms with Gasteiger partial charge in [-0.2, -0.15) is 0 Å². The van der Waals surface area contributed by atoms with Gasteiger partial charge in [0, 0.05) is 24.5 Å². The lowest BCUT2D eigenvalue weighted by Gasteiger charge is -2.11. The van der Waals surface area contributed by atoms with Crippen molar-refractivity contribution in [1.82, 2.24) is 10.6 Å². The highest BCUT2D eigenvalue weighted by Gasteiger charge is 2.05. The second-order valence-electron chi connectivity index (χ2n) is 4.52. The molecule has 1 atom stereocenters. The van der Waals surface area contributed by atoms with Crippen molar-refractivity contribution >= 4 is 23.3 Å². The lowest BCUT2D eigenvalue weighted by Crippen LogP contribution is -2.33. The van der Waals surface area contributed by atoms with Gasteiger partial charge in [0.25, 0.3) is 0 Å². The average Bonchev–Trinajstić information content (AvgIpc) is 2.46. The molecule has 0 aliphatic carbocycles. The molecule has 0 heterocycles. The van der Waals surface area contributed by atoms with Crippen LogP contribution in [0.25, 0.3) is 0 Å². The standard InChI is InChI=1S/C14H22N4O2/c1-4-10(2)16-9-13(19)17-11-5-7-12(8-6-11)18-14(20)15-3/h5-8,10,16H,4,9H2,1-3H3,(H,17,19)(H2,15,18,20). The van der Waals surface area contributed by atoms with E-state index < -0.39 is 0 Å². The molecule has 0 radical (unpaired) electrons. The van der Waals surface area contributed by atoms with Gasteiger partial charge in [0.15, 0.2) is 0 Å². The van der Waals surface area contributed by atoms with Crippen LogP contribution >= 0.6 is 0 Å². The number of carbonyl (C=O) groups is 2. The molecule has 6 heteroatoms. The summed E-state index contributed by atoms with van der Waals surface area (Å²) < 4.78 is 0. The zero-order valence-corrected chi connectivity index (χ0v) is 12.1. The van der Waals surface area contributed by atoms with Gasteiger partial charge in [0.2, 0.25) is 5.91 Å². The highest BCUT2D eigenvalue weighted by Crippen LogP contribution is 2.13. The number of benzene rings is 1. The number of nitrogens with one attached hydrogen (secondary N) is 4. The zero-order valence-electron chi connectivity index (χ0n) is 12.1. The van der Waals surface area contributed by atoms with Crippen molar-refractivity contribution in [3.05, 3.63) is 24.3 Å². The molecule has 0 aliphatic rings. The summed E-state index contributed by atoms with van der Waals surface area (Å²) in [6.07, 6.45) is 0.979. The van der Waals surface area contributed by atoms with E-state index in [0.29, 0.717) is 17.4 Å². The van der Waals surface area contributed by atoms with Crippen LogP contribution in [0, 0.1) is 0 Å². The molecule has 1 aromatic rings. The van der Waals surface area contributed by atoms with E-state index in [1.54, 1.807) is 31.3 Å². The first-order chi connectivity index (χ1) is 9.55. The van der Waals surface area contributed by atoms with Crippen molar-refractivity contribution in [3.8, 4) is 0 Å². The van der Waals surface area contributed by atoms with E-state index in [1.165, 1.54) is 0 Å². The van der Waals surface area contributed by atoms with Gasteiger partial charge in [0.05, 0.1) is 6.54 Å². The number of rotatable bonds is 6. The van der Waals surface area contributed by atoms with Crippen LogP contribution in [-0.4, -0.2) is 31.6 Å². The van der Waals surface area contributed by atoms with Crippen molar-refractivity contribution in [2.24, 2.45) is 0 Å². The summed E-state index contributed by atoms with van der Waals surface area (Å²) in [6.45, 7) is 4.38. The molecule has 1 rings (SSSR count). The van der Waals surface area contributed by atoms with Gasteiger partial charge in [-0.25, -0.2) is 4.79 Å². The first-order valence-electron chi connectivity index (χ1n) is 6.67. The van der Waals surface area contributed by atoms with Crippen molar-refractivity contribution in [3.63, 3.8) is 0 Å². The molecule has 6 nitrogen and oxygen atoms in total. The molecular weight excluding hydrogens is 256 g/mol. The van der Waals surface area contributed by atoms with E-state index in [2.05, 4.69) is 28.2 Å². The molecule has 3 amide bonds. The quantitative estimate of drug-likeness (QED) is 0.640. The minimum absolute atomic E-state index is 0.0858. The lowest BCUT2D eigenvalue weighted by molar-refractivity contribution is -0.115. The second-order valence-corrected chi connectivity index (χ2v) is 4.52. The normalized spacial score (nSPS) is 11.6. The summed E-state index contributed by atoms with van der Waals surface area (Å²) in [5.41, 5.74) is 1.36. The number of anilines is 2. The average molecular weight is 278 g/mol. The number of urea groups is 1. The van der Waals surface area contributed by atoms with E-state index in [9.17, 15) is 9.59 Å². The summed E-state index contributed by atoms with van der Waals surface area (Å²) in [7, 11) is 1.55. The van der Waals surface area contributed by atoms with Gasteiger partial charge in [-0.1, -0.05) is 6.92 Å². The van der Waals surface area contributed by atoms with Crippen LogP contribution in [0.5, 0.6) is 0 Å². The van der Waals surface area contributed by atoms with Crippen molar-refractivity contribution in [2.75, 3.05) is 24.2 Å². The van der Waals surface area contributed by atoms with Crippen LogP contribution in [0.2, 0.25) is 0 Å². The smallest absolute Gasteiger partial charge is 0.318 e. The Kier molecular flexibility index (Phi) is 6.52. The Hall–Kier alpha value is -2.08. The predicted molar refractivity (Wildman–Crippen MR) is 80.9 cm³/mol. The molecule has 4 N–H and O–H groups in total. The van der Waals surface area contributed by atoms with Crippen molar-refractivity contribution in [2.45, 2.75) is 26.3 Å². The molecule has 0 bridgehead atoms. The fourth-order valence-corrected chi connectivity index (χ4v) is 1.45. The largest absolute Gasteiger partial charge is 0.341 e. The van der Waals surface area contributed by atoms with Crippen LogP contribution < -0.4 is 21.3 Å². The molecular formula is C14H22N4O2. The van der Waals surface area contributed by atoms with Gasteiger partial charge < -0.3 is 21.3 Å². The van der Waals surface area contributed by atoms with Crippen molar-refractivity contribution in [1.29, 1.82) is 0 Å². The van der Waals surface area contributed by atoms with Crippen molar-refractivity contribution < 1.29 is 9.59 Å². The van der Waals surface area contributed by atoms with Gasteiger partial charge >= 0.3 is 6.03 Å². The van der Waals surface area contributed by atoms with E-state index >= 15 is 0 Å². The maximum Gasteiger partial charge on any atom is 0.318 e. The van der Waals surface area contributed by atoms with Gasteiger partial charge in [-0.15, -0.1) is 0 Å². The Morgan fingerprint density at radius 2 is 1.65 bits per heavy atom. The number of hydrogen-bond donors (Lipinski definition) is 4. The van der Waals surface area contributed by atoms with Crippen LogP contribution in [0.3, 0.4) is 0 Å². The molecule has 110 valence electrons. The van der Waals surface area contributed by atoms with E-state index in [4.69, 9.17) is 0 Å². The molecule has 0 saturated carbocycles. The van der Waals surface area contributed by atoms with E-state index in [-0.39, 0.29) is 18.5 Å². The Bertz CT molecular complexity index is 445. The highest BCUT2D eigenvalue weighted by molar-refractivity contribution is 5.93. The topological polar surface area (TPSA) is 82.3 Å². The Labute approximate surface area is 119 Å².